The highest BCUT2D eigenvalue weighted by atomic mass is 79.9. The molecule has 19 heavy (non-hydrogen) atoms. The standard InChI is InChI=1S/C12H14BrN5S/c1-3-9-10-11(17(2)16-9)18(12(14)15-10)5-8-4-7(13)6-19-8/h4,6H,3,5H2,1-2H3,(H2,14,15). The Morgan fingerprint density at radius 1 is 1.47 bits per heavy atom. The Labute approximate surface area is 123 Å². The third kappa shape index (κ3) is 2.06. The third-order valence-electron chi connectivity index (χ3n) is 3.09. The minimum atomic E-state index is 0.544. The fourth-order valence-electron chi connectivity index (χ4n) is 2.25. The zero-order valence-corrected chi connectivity index (χ0v) is 13.1. The molecule has 0 amide bonds. The van der Waals surface area contributed by atoms with E-state index in [1.165, 1.54) is 4.88 Å². The van der Waals surface area contributed by atoms with Gasteiger partial charge in [-0.2, -0.15) is 5.10 Å². The van der Waals surface area contributed by atoms with Crippen molar-refractivity contribution in [1.29, 1.82) is 0 Å². The van der Waals surface area contributed by atoms with Gasteiger partial charge in [-0.3, -0.25) is 9.25 Å². The monoisotopic (exact) mass is 339 g/mol. The van der Waals surface area contributed by atoms with E-state index in [1.807, 2.05) is 16.3 Å². The summed E-state index contributed by atoms with van der Waals surface area (Å²) in [5, 5.41) is 6.56. The van der Waals surface area contributed by atoms with Gasteiger partial charge in [-0.25, -0.2) is 4.98 Å². The first-order chi connectivity index (χ1) is 9.10. The number of hydrogen-bond donors (Lipinski definition) is 1. The largest absolute Gasteiger partial charge is 0.369 e. The van der Waals surface area contributed by atoms with Gasteiger partial charge in [0, 0.05) is 21.8 Å². The molecular formula is C12H14BrN5S. The highest BCUT2D eigenvalue weighted by Crippen LogP contribution is 2.25. The van der Waals surface area contributed by atoms with Crippen molar-refractivity contribution < 1.29 is 0 Å². The van der Waals surface area contributed by atoms with Crippen LogP contribution in [0.2, 0.25) is 0 Å². The van der Waals surface area contributed by atoms with E-state index in [1.54, 1.807) is 11.3 Å². The smallest absolute Gasteiger partial charge is 0.202 e. The maximum atomic E-state index is 6.05. The van der Waals surface area contributed by atoms with Crippen LogP contribution >= 0.6 is 27.3 Å². The highest BCUT2D eigenvalue weighted by Gasteiger charge is 2.17. The van der Waals surface area contributed by atoms with Crippen LogP contribution in [-0.2, 0) is 20.0 Å². The Kier molecular flexibility index (Phi) is 3.10. The van der Waals surface area contributed by atoms with Crippen molar-refractivity contribution in [2.24, 2.45) is 7.05 Å². The van der Waals surface area contributed by atoms with Crippen LogP contribution in [0.4, 0.5) is 5.95 Å². The molecule has 3 aromatic rings. The quantitative estimate of drug-likeness (QED) is 0.798. The molecule has 0 aliphatic carbocycles. The van der Waals surface area contributed by atoms with Crippen LogP contribution in [0.1, 0.15) is 17.5 Å². The molecule has 0 fully saturated rings. The molecule has 7 heteroatoms. The minimum absolute atomic E-state index is 0.544. The average Bonchev–Trinajstić information content (AvgIpc) is 3.00. The maximum Gasteiger partial charge on any atom is 0.202 e. The van der Waals surface area contributed by atoms with Gasteiger partial charge >= 0.3 is 0 Å². The summed E-state index contributed by atoms with van der Waals surface area (Å²) >= 11 is 5.17. The van der Waals surface area contributed by atoms with Gasteiger partial charge in [0.25, 0.3) is 0 Å². The predicted octanol–water partition coefficient (Wildman–Crippen LogP) is 2.79. The van der Waals surface area contributed by atoms with E-state index >= 15 is 0 Å². The number of anilines is 1. The molecule has 2 N–H and O–H groups in total. The van der Waals surface area contributed by atoms with Gasteiger partial charge in [0.1, 0.15) is 5.52 Å². The van der Waals surface area contributed by atoms with Crippen LogP contribution in [0.25, 0.3) is 11.2 Å². The molecule has 0 aromatic carbocycles. The van der Waals surface area contributed by atoms with Gasteiger partial charge in [-0.05, 0) is 28.4 Å². The number of aromatic nitrogens is 4. The number of imidazole rings is 1. The summed E-state index contributed by atoms with van der Waals surface area (Å²) < 4.78 is 4.97. The van der Waals surface area contributed by atoms with Crippen LogP contribution in [0.15, 0.2) is 15.9 Å². The van der Waals surface area contributed by atoms with Crippen molar-refractivity contribution in [3.63, 3.8) is 0 Å². The van der Waals surface area contributed by atoms with Crippen LogP contribution in [0.3, 0.4) is 0 Å². The molecule has 0 atom stereocenters. The molecule has 0 aliphatic rings. The van der Waals surface area contributed by atoms with Crippen LogP contribution in [-0.4, -0.2) is 19.3 Å². The van der Waals surface area contributed by atoms with Crippen molar-refractivity contribution in [2.45, 2.75) is 19.9 Å². The molecule has 0 spiro atoms. The molecule has 0 radical (unpaired) electrons. The number of halogens is 1. The Balaban J connectivity index is 2.12. The van der Waals surface area contributed by atoms with E-state index < -0.39 is 0 Å². The lowest BCUT2D eigenvalue weighted by Gasteiger charge is -2.04. The lowest BCUT2D eigenvalue weighted by atomic mass is 10.3. The maximum absolute atomic E-state index is 6.05. The molecule has 3 heterocycles. The van der Waals surface area contributed by atoms with Gasteiger partial charge in [-0.1, -0.05) is 6.92 Å². The summed E-state index contributed by atoms with van der Waals surface area (Å²) in [5.74, 6) is 0.544. The number of nitrogens with zero attached hydrogens (tertiary/aromatic N) is 4. The van der Waals surface area contributed by atoms with Crippen molar-refractivity contribution in [2.75, 3.05) is 5.73 Å². The van der Waals surface area contributed by atoms with Crippen molar-refractivity contribution in [3.05, 3.63) is 26.5 Å². The number of thiophene rings is 1. The molecule has 0 saturated carbocycles. The first kappa shape index (κ1) is 12.7. The predicted molar refractivity (Wildman–Crippen MR) is 81.4 cm³/mol. The Morgan fingerprint density at radius 3 is 2.89 bits per heavy atom. The van der Waals surface area contributed by atoms with Gasteiger partial charge in [0.15, 0.2) is 5.65 Å². The number of nitrogens with two attached hydrogens (primary N) is 1. The van der Waals surface area contributed by atoms with Gasteiger partial charge in [-0.15, -0.1) is 11.3 Å². The summed E-state index contributed by atoms with van der Waals surface area (Å²) in [4.78, 5) is 5.69. The molecular weight excluding hydrogens is 326 g/mol. The zero-order valence-electron chi connectivity index (χ0n) is 10.7. The lowest BCUT2D eigenvalue weighted by molar-refractivity contribution is 0.722. The molecule has 5 nitrogen and oxygen atoms in total. The summed E-state index contributed by atoms with van der Waals surface area (Å²) in [6.07, 6.45) is 0.859. The topological polar surface area (TPSA) is 61.7 Å². The summed E-state index contributed by atoms with van der Waals surface area (Å²) in [6.45, 7) is 2.80. The molecule has 0 saturated heterocycles. The summed E-state index contributed by atoms with van der Waals surface area (Å²) in [5.41, 5.74) is 8.94. The van der Waals surface area contributed by atoms with Crippen molar-refractivity contribution >= 4 is 44.4 Å². The normalized spacial score (nSPS) is 11.5. The van der Waals surface area contributed by atoms with E-state index in [2.05, 4.69) is 44.4 Å². The highest BCUT2D eigenvalue weighted by molar-refractivity contribution is 9.10. The number of aryl methyl sites for hydroxylation is 2. The molecule has 0 bridgehead atoms. The van der Waals surface area contributed by atoms with Crippen LogP contribution in [0, 0.1) is 0 Å². The van der Waals surface area contributed by atoms with E-state index in [0.717, 1.165) is 34.3 Å². The van der Waals surface area contributed by atoms with Crippen LogP contribution < -0.4 is 5.73 Å². The second-order valence-electron chi connectivity index (χ2n) is 4.38. The fourth-order valence-corrected chi connectivity index (χ4v) is 3.68. The fraction of sp³-hybridized carbons (Fsp3) is 0.333. The van der Waals surface area contributed by atoms with Crippen LogP contribution in [0.5, 0.6) is 0 Å². The molecule has 3 aromatic heterocycles. The number of hydrogen-bond acceptors (Lipinski definition) is 4. The van der Waals surface area contributed by atoms with E-state index in [9.17, 15) is 0 Å². The second-order valence-corrected chi connectivity index (χ2v) is 6.29. The number of nitrogen functional groups attached to an aromatic ring is 1. The SMILES string of the molecule is CCc1nn(C)c2c1nc(N)n2Cc1cc(Br)cs1. The van der Waals surface area contributed by atoms with E-state index in [0.29, 0.717) is 5.95 Å². The molecule has 0 aliphatic heterocycles. The van der Waals surface area contributed by atoms with Gasteiger partial charge in [0.2, 0.25) is 5.95 Å². The first-order valence-corrected chi connectivity index (χ1v) is 7.68. The Morgan fingerprint density at radius 2 is 2.26 bits per heavy atom. The lowest BCUT2D eigenvalue weighted by Crippen LogP contribution is -2.07. The number of rotatable bonds is 3. The average molecular weight is 340 g/mol. The molecule has 100 valence electrons. The minimum Gasteiger partial charge on any atom is -0.369 e. The Hall–Kier alpha value is -1.34. The molecule has 0 unspecified atom stereocenters. The van der Waals surface area contributed by atoms with Gasteiger partial charge < -0.3 is 5.73 Å². The van der Waals surface area contributed by atoms with E-state index in [-0.39, 0.29) is 0 Å². The van der Waals surface area contributed by atoms with Crippen molar-refractivity contribution in [3.8, 4) is 0 Å². The van der Waals surface area contributed by atoms with Gasteiger partial charge in [0.05, 0.1) is 12.2 Å². The van der Waals surface area contributed by atoms with E-state index in [4.69, 9.17) is 5.73 Å². The zero-order chi connectivity index (χ0) is 13.6. The number of fused-ring (bicyclic) bond motifs is 1. The first-order valence-electron chi connectivity index (χ1n) is 6.00. The third-order valence-corrected chi connectivity index (χ3v) is 4.77. The van der Waals surface area contributed by atoms with Crippen molar-refractivity contribution in [1.82, 2.24) is 19.3 Å². The Bertz CT molecular complexity index is 739. The summed E-state index contributed by atoms with van der Waals surface area (Å²) in [6, 6.07) is 2.10. The summed E-state index contributed by atoms with van der Waals surface area (Å²) in [7, 11) is 1.93. The molecule has 3 rings (SSSR count). The second kappa shape index (κ2) is 4.64.